The van der Waals surface area contributed by atoms with Gasteiger partial charge in [0, 0.05) is 32.2 Å². The number of hydrogen-bond donors (Lipinski definition) is 1. The summed E-state index contributed by atoms with van der Waals surface area (Å²) in [6, 6.07) is 8.41. The molecule has 3 heterocycles. The molecule has 0 bridgehead atoms. The number of hydrogen-bond acceptors (Lipinski definition) is 7. The minimum absolute atomic E-state index is 0.204. The Kier molecular flexibility index (Phi) is 4.84. The highest BCUT2D eigenvalue weighted by molar-refractivity contribution is 5.90. The van der Waals surface area contributed by atoms with E-state index < -0.39 is 23.7 Å². The van der Waals surface area contributed by atoms with Gasteiger partial charge in [-0.05, 0) is 30.3 Å². The summed E-state index contributed by atoms with van der Waals surface area (Å²) in [5.74, 6) is -0.0262. The molecule has 0 radical (unpaired) electrons. The molecule has 4 rings (SSSR count). The van der Waals surface area contributed by atoms with Crippen molar-refractivity contribution in [1.82, 2.24) is 28.7 Å². The van der Waals surface area contributed by atoms with E-state index in [9.17, 15) is 14.4 Å². The predicted octanol–water partition coefficient (Wildman–Crippen LogP) is 0.655. The zero-order chi connectivity index (χ0) is 21.3. The fraction of sp³-hybridized carbons (Fsp3) is 0.158. The lowest BCUT2D eigenvalue weighted by atomic mass is 10.3. The smallest absolute Gasteiger partial charge is 0.332 e. The number of amides is 1. The molecular weight excluding hydrogens is 390 g/mol. The topological polar surface area (TPSA) is 126 Å². The van der Waals surface area contributed by atoms with Crippen LogP contribution in [0.1, 0.15) is 0 Å². The van der Waals surface area contributed by atoms with Crippen LogP contribution in [-0.4, -0.2) is 34.6 Å². The molecule has 0 saturated heterocycles. The van der Waals surface area contributed by atoms with Gasteiger partial charge in [-0.25, -0.2) is 24.3 Å². The Hall–Kier alpha value is -4.28. The second kappa shape index (κ2) is 7.62. The fourth-order valence-corrected chi connectivity index (χ4v) is 2.93. The number of imidazole rings is 1. The van der Waals surface area contributed by atoms with Crippen molar-refractivity contribution in [3.05, 3.63) is 69.9 Å². The average molecular weight is 407 g/mol. The van der Waals surface area contributed by atoms with Crippen LogP contribution < -0.4 is 21.3 Å². The standard InChI is InChI=1S/C19H17N7O4/c1-24-11-22-16-15(24)17(28)26(19(29)25(16)2)10-14(27)23-12-4-6-13(7-5-12)30-18-20-8-3-9-21-18/h3-9,11H,10H2,1-2H3,(H,23,27). The molecular formula is C19H17N7O4. The maximum atomic E-state index is 12.7. The lowest BCUT2D eigenvalue weighted by Crippen LogP contribution is -2.42. The maximum absolute atomic E-state index is 12.7. The Balaban J connectivity index is 1.51. The number of nitrogens with zero attached hydrogens (tertiary/aromatic N) is 6. The van der Waals surface area contributed by atoms with E-state index in [1.165, 1.54) is 22.5 Å². The number of nitrogens with one attached hydrogen (secondary N) is 1. The van der Waals surface area contributed by atoms with E-state index in [0.29, 0.717) is 11.4 Å². The summed E-state index contributed by atoms with van der Waals surface area (Å²) in [5, 5.41) is 2.66. The van der Waals surface area contributed by atoms with E-state index in [-0.39, 0.29) is 17.2 Å². The van der Waals surface area contributed by atoms with Gasteiger partial charge in [-0.3, -0.25) is 14.2 Å². The first-order valence-corrected chi connectivity index (χ1v) is 8.89. The average Bonchev–Trinajstić information content (AvgIpc) is 3.13. The van der Waals surface area contributed by atoms with Gasteiger partial charge in [-0.1, -0.05) is 0 Å². The van der Waals surface area contributed by atoms with Crippen LogP contribution in [-0.2, 0) is 25.4 Å². The molecule has 4 aromatic rings. The molecule has 1 aromatic carbocycles. The quantitative estimate of drug-likeness (QED) is 0.515. The Bertz CT molecular complexity index is 1340. The van der Waals surface area contributed by atoms with E-state index in [1.54, 1.807) is 49.8 Å². The molecule has 0 saturated carbocycles. The second-order valence-electron chi connectivity index (χ2n) is 6.47. The van der Waals surface area contributed by atoms with E-state index in [0.717, 1.165) is 4.57 Å². The first-order valence-electron chi connectivity index (χ1n) is 8.89. The van der Waals surface area contributed by atoms with Crippen molar-refractivity contribution in [2.45, 2.75) is 6.54 Å². The number of fused-ring (bicyclic) bond motifs is 1. The van der Waals surface area contributed by atoms with Gasteiger partial charge < -0.3 is 14.6 Å². The monoisotopic (exact) mass is 407 g/mol. The van der Waals surface area contributed by atoms with Crippen molar-refractivity contribution in [3.8, 4) is 11.8 Å². The number of rotatable bonds is 5. The fourth-order valence-electron chi connectivity index (χ4n) is 2.93. The number of benzene rings is 1. The molecule has 0 atom stereocenters. The molecule has 3 aromatic heterocycles. The molecule has 152 valence electrons. The normalized spacial score (nSPS) is 10.9. The molecule has 11 nitrogen and oxygen atoms in total. The van der Waals surface area contributed by atoms with Gasteiger partial charge in [-0.2, -0.15) is 0 Å². The summed E-state index contributed by atoms with van der Waals surface area (Å²) in [5.41, 5.74) is -0.202. The third-order valence-corrected chi connectivity index (χ3v) is 4.39. The molecule has 11 heteroatoms. The molecule has 0 aliphatic heterocycles. The zero-order valence-corrected chi connectivity index (χ0v) is 16.1. The van der Waals surface area contributed by atoms with Crippen LogP contribution in [0.15, 0.2) is 58.6 Å². The number of carbonyl (C=O) groups is 1. The van der Waals surface area contributed by atoms with E-state index in [4.69, 9.17) is 4.74 Å². The molecule has 30 heavy (non-hydrogen) atoms. The maximum Gasteiger partial charge on any atom is 0.332 e. The van der Waals surface area contributed by atoms with E-state index in [2.05, 4.69) is 20.3 Å². The van der Waals surface area contributed by atoms with Crippen molar-refractivity contribution in [3.63, 3.8) is 0 Å². The summed E-state index contributed by atoms with van der Waals surface area (Å²) in [6.45, 7) is -0.428. The van der Waals surface area contributed by atoms with Crippen molar-refractivity contribution in [1.29, 1.82) is 0 Å². The minimum atomic E-state index is -0.618. The largest absolute Gasteiger partial charge is 0.424 e. The number of anilines is 1. The minimum Gasteiger partial charge on any atom is -0.424 e. The Morgan fingerprint density at radius 1 is 1.07 bits per heavy atom. The van der Waals surface area contributed by atoms with Crippen LogP contribution in [0.25, 0.3) is 11.2 Å². The van der Waals surface area contributed by atoms with Crippen molar-refractivity contribution in [2.24, 2.45) is 14.1 Å². The molecule has 0 spiro atoms. The van der Waals surface area contributed by atoms with Crippen LogP contribution >= 0.6 is 0 Å². The SMILES string of the molecule is Cn1cnc2c1c(=O)n(CC(=O)Nc1ccc(Oc3ncccn3)cc1)c(=O)n2C. The summed E-state index contributed by atoms with van der Waals surface area (Å²) >= 11 is 0. The van der Waals surface area contributed by atoms with Crippen LogP contribution in [0.2, 0.25) is 0 Å². The highest BCUT2D eigenvalue weighted by Crippen LogP contribution is 2.19. The predicted molar refractivity (Wildman–Crippen MR) is 107 cm³/mol. The zero-order valence-electron chi connectivity index (χ0n) is 16.1. The van der Waals surface area contributed by atoms with E-state index >= 15 is 0 Å². The third kappa shape index (κ3) is 3.55. The number of aryl methyl sites for hydroxylation is 2. The van der Waals surface area contributed by atoms with Crippen LogP contribution in [0.3, 0.4) is 0 Å². The lowest BCUT2D eigenvalue weighted by molar-refractivity contribution is -0.116. The molecule has 1 N–H and O–H groups in total. The summed E-state index contributed by atoms with van der Waals surface area (Å²) in [7, 11) is 3.15. The summed E-state index contributed by atoms with van der Waals surface area (Å²) < 4.78 is 9.12. The van der Waals surface area contributed by atoms with Crippen LogP contribution in [0.5, 0.6) is 11.8 Å². The highest BCUT2D eigenvalue weighted by atomic mass is 16.5. The lowest BCUT2D eigenvalue weighted by Gasteiger charge is -2.10. The van der Waals surface area contributed by atoms with E-state index in [1.807, 2.05) is 0 Å². The van der Waals surface area contributed by atoms with Crippen LogP contribution in [0.4, 0.5) is 5.69 Å². The molecule has 0 aliphatic rings. The Morgan fingerprint density at radius 2 is 1.77 bits per heavy atom. The van der Waals surface area contributed by atoms with Crippen molar-refractivity contribution in [2.75, 3.05) is 5.32 Å². The second-order valence-corrected chi connectivity index (χ2v) is 6.47. The molecule has 0 aliphatic carbocycles. The molecule has 1 amide bonds. The van der Waals surface area contributed by atoms with Gasteiger partial charge in [-0.15, -0.1) is 0 Å². The number of carbonyl (C=O) groups excluding carboxylic acids is 1. The summed E-state index contributed by atoms with van der Waals surface area (Å²) in [6.07, 6.45) is 4.57. The first-order chi connectivity index (χ1) is 14.4. The van der Waals surface area contributed by atoms with Crippen molar-refractivity contribution < 1.29 is 9.53 Å². The summed E-state index contributed by atoms with van der Waals surface area (Å²) in [4.78, 5) is 49.6. The number of ether oxygens (including phenoxy) is 1. The number of aromatic nitrogens is 6. The molecule has 0 fully saturated rings. The van der Waals surface area contributed by atoms with Crippen LogP contribution in [0, 0.1) is 0 Å². The van der Waals surface area contributed by atoms with Gasteiger partial charge >= 0.3 is 11.7 Å². The first kappa shape index (κ1) is 19.1. The van der Waals surface area contributed by atoms with Gasteiger partial charge in [0.05, 0.1) is 6.33 Å². The van der Waals surface area contributed by atoms with Gasteiger partial charge in [0.25, 0.3) is 5.56 Å². The highest BCUT2D eigenvalue weighted by Gasteiger charge is 2.17. The third-order valence-electron chi connectivity index (χ3n) is 4.39. The van der Waals surface area contributed by atoms with Crippen molar-refractivity contribution >= 4 is 22.8 Å². The van der Waals surface area contributed by atoms with Gasteiger partial charge in [0.2, 0.25) is 5.91 Å². The molecule has 0 unspecified atom stereocenters. The van der Waals surface area contributed by atoms with Gasteiger partial charge in [0.1, 0.15) is 12.3 Å². The Morgan fingerprint density at radius 3 is 2.47 bits per heavy atom. The Labute approximate surface area is 169 Å². The van der Waals surface area contributed by atoms with Gasteiger partial charge in [0.15, 0.2) is 11.2 Å².